The van der Waals surface area contributed by atoms with E-state index in [-0.39, 0.29) is 0 Å². The minimum atomic E-state index is 0.465. The van der Waals surface area contributed by atoms with Crippen LogP contribution in [0.4, 0.5) is 5.69 Å². The molecule has 104 valence electrons. The van der Waals surface area contributed by atoms with Crippen LogP contribution >= 0.6 is 28.1 Å². The molecule has 0 saturated heterocycles. The Bertz CT molecular complexity index is 475. The van der Waals surface area contributed by atoms with E-state index in [0.717, 1.165) is 21.6 Å². The molecule has 1 aliphatic rings. The van der Waals surface area contributed by atoms with Gasteiger partial charge in [0.1, 0.15) is 4.99 Å². The Morgan fingerprint density at radius 1 is 1.42 bits per heavy atom. The molecule has 2 N–H and O–H groups in total. The van der Waals surface area contributed by atoms with Crippen LogP contribution in [0, 0.1) is 5.92 Å². The van der Waals surface area contributed by atoms with Gasteiger partial charge in [-0.25, -0.2) is 0 Å². The molecule has 0 bridgehead atoms. The third-order valence-corrected chi connectivity index (χ3v) is 4.77. The standard InChI is InChI=1S/C15H21BrN2S/c1-10-4-3-5-12(8-10)18(2)14-7-6-11(16)9-13(14)15(17)19/h6-7,9-10,12H,3-5,8H2,1-2H3,(H2,17,19). The van der Waals surface area contributed by atoms with E-state index >= 15 is 0 Å². The van der Waals surface area contributed by atoms with Crippen molar-refractivity contribution in [3.8, 4) is 0 Å². The molecule has 0 heterocycles. The molecular formula is C15H21BrN2S. The second-order valence-corrected chi connectivity index (χ2v) is 6.92. The number of nitrogens with zero attached hydrogens (tertiary/aromatic N) is 1. The summed E-state index contributed by atoms with van der Waals surface area (Å²) in [5.41, 5.74) is 7.97. The second-order valence-electron chi connectivity index (χ2n) is 5.56. The number of nitrogens with two attached hydrogens (primary N) is 1. The molecule has 0 radical (unpaired) electrons. The normalized spacial score (nSPS) is 23.1. The lowest BCUT2D eigenvalue weighted by molar-refractivity contribution is 0.336. The first-order valence-electron chi connectivity index (χ1n) is 6.81. The molecule has 1 fully saturated rings. The first kappa shape index (κ1) is 14.8. The van der Waals surface area contributed by atoms with Gasteiger partial charge in [-0.1, -0.05) is 47.9 Å². The van der Waals surface area contributed by atoms with Crippen LogP contribution in [0.5, 0.6) is 0 Å². The average molecular weight is 341 g/mol. The molecule has 1 aliphatic carbocycles. The van der Waals surface area contributed by atoms with E-state index in [1.165, 1.54) is 25.7 Å². The molecule has 2 nitrogen and oxygen atoms in total. The summed E-state index contributed by atoms with van der Waals surface area (Å²) in [6.07, 6.45) is 5.18. The Morgan fingerprint density at radius 3 is 2.79 bits per heavy atom. The van der Waals surface area contributed by atoms with Gasteiger partial charge in [0.25, 0.3) is 0 Å². The van der Waals surface area contributed by atoms with Gasteiger partial charge in [0.2, 0.25) is 0 Å². The zero-order valence-electron chi connectivity index (χ0n) is 11.5. The van der Waals surface area contributed by atoms with E-state index in [1.54, 1.807) is 0 Å². The van der Waals surface area contributed by atoms with Crippen molar-refractivity contribution in [1.29, 1.82) is 0 Å². The summed E-state index contributed by atoms with van der Waals surface area (Å²) < 4.78 is 1.02. The quantitative estimate of drug-likeness (QED) is 0.840. The lowest BCUT2D eigenvalue weighted by Gasteiger charge is -2.36. The summed E-state index contributed by atoms with van der Waals surface area (Å²) in [6, 6.07) is 6.77. The molecule has 2 unspecified atom stereocenters. The van der Waals surface area contributed by atoms with E-state index in [1.807, 2.05) is 6.07 Å². The summed E-state index contributed by atoms with van der Waals surface area (Å²) in [4.78, 5) is 2.82. The highest BCUT2D eigenvalue weighted by molar-refractivity contribution is 9.10. The van der Waals surface area contributed by atoms with E-state index in [2.05, 4.69) is 46.9 Å². The molecule has 1 aromatic carbocycles. The van der Waals surface area contributed by atoms with Crippen LogP contribution in [0.25, 0.3) is 0 Å². The summed E-state index contributed by atoms with van der Waals surface area (Å²) in [5.74, 6) is 0.810. The lowest BCUT2D eigenvalue weighted by atomic mass is 9.86. The molecule has 0 aromatic heterocycles. The predicted molar refractivity (Wildman–Crippen MR) is 89.9 cm³/mol. The first-order chi connectivity index (χ1) is 8.99. The van der Waals surface area contributed by atoms with Crippen molar-refractivity contribution >= 4 is 38.8 Å². The Kier molecular flexibility index (Phi) is 4.85. The maximum absolute atomic E-state index is 5.86. The van der Waals surface area contributed by atoms with Crippen molar-refractivity contribution in [2.45, 2.75) is 38.6 Å². The fourth-order valence-electron chi connectivity index (χ4n) is 2.96. The number of hydrogen-bond acceptors (Lipinski definition) is 2. The molecule has 1 aromatic rings. The van der Waals surface area contributed by atoms with Gasteiger partial charge < -0.3 is 10.6 Å². The highest BCUT2D eigenvalue weighted by atomic mass is 79.9. The van der Waals surface area contributed by atoms with Gasteiger partial charge in [0, 0.05) is 28.8 Å². The van der Waals surface area contributed by atoms with Gasteiger partial charge >= 0.3 is 0 Å². The number of anilines is 1. The van der Waals surface area contributed by atoms with E-state index in [9.17, 15) is 0 Å². The molecule has 2 atom stereocenters. The van der Waals surface area contributed by atoms with Gasteiger partial charge in [0.05, 0.1) is 0 Å². The number of hydrogen-bond donors (Lipinski definition) is 1. The second kappa shape index (κ2) is 6.23. The van der Waals surface area contributed by atoms with Crippen molar-refractivity contribution in [2.75, 3.05) is 11.9 Å². The number of rotatable bonds is 3. The monoisotopic (exact) mass is 340 g/mol. The van der Waals surface area contributed by atoms with Crippen LogP contribution in [0.3, 0.4) is 0 Å². The number of thiocarbonyl (C=S) groups is 1. The first-order valence-corrected chi connectivity index (χ1v) is 8.01. The average Bonchev–Trinajstić information content (AvgIpc) is 2.37. The molecule has 0 amide bonds. The minimum absolute atomic E-state index is 0.465. The Morgan fingerprint density at radius 2 is 2.16 bits per heavy atom. The van der Waals surface area contributed by atoms with Gasteiger partial charge in [-0.15, -0.1) is 0 Å². The van der Waals surface area contributed by atoms with Crippen molar-refractivity contribution in [2.24, 2.45) is 11.7 Å². The van der Waals surface area contributed by atoms with Gasteiger partial charge in [-0.2, -0.15) is 0 Å². The van der Waals surface area contributed by atoms with Crippen LogP contribution in [0.2, 0.25) is 0 Å². The van der Waals surface area contributed by atoms with E-state index in [0.29, 0.717) is 11.0 Å². The van der Waals surface area contributed by atoms with Crippen LogP contribution in [0.15, 0.2) is 22.7 Å². The summed E-state index contributed by atoms with van der Waals surface area (Å²) in [6.45, 7) is 2.34. The third-order valence-electron chi connectivity index (χ3n) is 4.06. The zero-order valence-corrected chi connectivity index (χ0v) is 13.9. The van der Waals surface area contributed by atoms with Gasteiger partial charge in [-0.3, -0.25) is 0 Å². The Balaban J connectivity index is 2.27. The van der Waals surface area contributed by atoms with Crippen molar-refractivity contribution < 1.29 is 0 Å². The van der Waals surface area contributed by atoms with Crippen LogP contribution < -0.4 is 10.6 Å². The molecule has 4 heteroatoms. The number of benzene rings is 1. The lowest BCUT2D eigenvalue weighted by Crippen LogP contribution is -2.36. The Hall–Kier alpha value is -0.610. The molecule has 19 heavy (non-hydrogen) atoms. The summed E-state index contributed by atoms with van der Waals surface area (Å²) in [5, 5.41) is 0. The van der Waals surface area contributed by atoms with Crippen LogP contribution in [-0.2, 0) is 0 Å². The predicted octanol–water partition coefficient (Wildman–Crippen LogP) is 4.10. The fraction of sp³-hybridized carbons (Fsp3) is 0.533. The summed E-state index contributed by atoms with van der Waals surface area (Å²) >= 11 is 8.67. The number of halogens is 1. The highest BCUT2D eigenvalue weighted by Gasteiger charge is 2.24. The zero-order chi connectivity index (χ0) is 14.0. The smallest absolute Gasteiger partial charge is 0.106 e. The van der Waals surface area contributed by atoms with Gasteiger partial charge in [0.15, 0.2) is 0 Å². The van der Waals surface area contributed by atoms with Crippen molar-refractivity contribution in [3.05, 3.63) is 28.2 Å². The van der Waals surface area contributed by atoms with E-state index in [4.69, 9.17) is 18.0 Å². The fourth-order valence-corrected chi connectivity index (χ4v) is 3.49. The molecule has 0 spiro atoms. The minimum Gasteiger partial charge on any atom is -0.389 e. The van der Waals surface area contributed by atoms with Crippen molar-refractivity contribution in [3.63, 3.8) is 0 Å². The maximum atomic E-state index is 5.86. The maximum Gasteiger partial charge on any atom is 0.106 e. The highest BCUT2D eigenvalue weighted by Crippen LogP contribution is 2.32. The topological polar surface area (TPSA) is 29.3 Å². The van der Waals surface area contributed by atoms with E-state index < -0.39 is 0 Å². The Labute approximate surface area is 129 Å². The van der Waals surface area contributed by atoms with Crippen LogP contribution in [-0.4, -0.2) is 18.1 Å². The molecular weight excluding hydrogens is 320 g/mol. The van der Waals surface area contributed by atoms with Crippen LogP contribution in [0.1, 0.15) is 38.2 Å². The molecule has 1 saturated carbocycles. The van der Waals surface area contributed by atoms with Gasteiger partial charge in [-0.05, 0) is 37.0 Å². The third kappa shape index (κ3) is 3.48. The largest absolute Gasteiger partial charge is 0.389 e. The molecule has 0 aliphatic heterocycles. The van der Waals surface area contributed by atoms with Crippen molar-refractivity contribution in [1.82, 2.24) is 0 Å². The SMILES string of the molecule is CC1CCCC(N(C)c2ccc(Br)cc2C(N)=S)C1. The molecule has 2 rings (SSSR count). The summed E-state index contributed by atoms with van der Waals surface area (Å²) in [7, 11) is 2.16.